The topological polar surface area (TPSA) is 46.9 Å². The van der Waals surface area contributed by atoms with E-state index in [1.54, 1.807) is 24.7 Å². The van der Waals surface area contributed by atoms with E-state index in [4.69, 9.17) is 23.2 Å². The first-order chi connectivity index (χ1) is 13.0. The molecule has 4 nitrogen and oxygen atoms in total. The minimum Gasteiger partial charge on any atom is -0.352 e. The van der Waals surface area contributed by atoms with Crippen molar-refractivity contribution < 1.29 is 4.79 Å². The maximum atomic E-state index is 12.4. The smallest absolute Gasteiger partial charge is 0.251 e. The Balaban J connectivity index is 1.63. The Hall–Kier alpha value is -2.56. The zero-order valence-electron chi connectivity index (χ0n) is 14.7. The zero-order chi connectivity index (χ0) is 19.2. The molecule has 3 aromatic rings. The highest BCUT2D eigenvalue weighted by molar-refractivity contribution is 6.36. The van der Waals surface area contributed by atoms with Crippen LogP contribution in [0.3, 0.4) is 0 Å². The average molecular weight is 400 g/mol. The molecule has 0 saturated carbocycles. The molecule has 1 amide bonds. The van der Waals surface area contributed by atoms with E-state index in [0.29, 0.717) is 22.2 Å². The van der Waals surface area contributed by atoms with Gasteiger partial charge in [0.2, 0.25) is 0 Å². The van der Waals surface area contributed by atoms with E-state index < -0.39 is 0 Å². The number of nitrogens with one attached hydrogen (secondary N) is 1. The van der Waals surface area contributed by atoms with E-state index in [-0.39, 0.29) is 5.91 Å². The molecule has 0 unspecified atom stereocenters. The summed E-state index contributed by atoms with van der Waals surface area (Å²) < 4.78 is 1.97. The second-order valence-electron chi connectivity index (χ2n) is 6.09. The lowest BCUT2D eigenvalue weighted by molar-refractivity contribution is -0.115. The van der Waals surface area contributed by atoms with Gasteiger partial charge in [0, 0.05) is 46.7 Å². The standard InChI is InChI=1S/C21H19Cl2N3O/c1-15(21(27)25-8-3-10-26-11-9-24-14-26)16-4-2-5-17(12-16)19-7-6-18(22)13-20(19)23/h2,4-7,9,11-14H,1,3,8,10H2,(H,25,27). The summed E-state index contributed by atoms with van der Waals surface area (Å²) in [5.74, 6) is -0.181. The predicted molar refractivity (Wildman–Crippen MR) is 111 cm³/mol. The van der Waals surface area contributed by atoms with E-state index in [9.17, 15) is 4.79 Å². The summed E-state index contributed by atoms with van der Waals surface area (Å²) in [6, 6.07) is 12.9. The number of rotatable bonds is 7. The summed E-state index contributed by atoms with van der Waals surface area (Å²) in [7, 11) is 0. The summed E-state index contributed by atoms with van der Waals surface area (Å²) in [5.41, 5.74) is 2.94. The van der Waals surface area contributed by atoms with Crippen molar-refractivity contribution in [3.05, 3.63) is 83.4 Å². The number of carbonyl (C=O) groups excluding carboxylic acids is 1. The van der Waals surface area contributed by atoms with Gasteiger partial charge in [-0.25, -0.2) is 4.98 Å². The van der Waals surface area contributed by atoms with E-state index in [0.717, 1.165) is 29.7 Å². The molecule has 0 atom stereocenters. The number of amides is 1. The lowest BCUT2D eigenvalue weighted by atomic mass is 9.99. The van der Waals surface area contributed by atoms with Crippen molar-refractivity contribution in [3.63, 3.8) is 0 Å². The molecule has 2 aromatic carbocycles. The monoisotopic (exact) mass is 399 g/mol. The van der Waals surface area contributed by atoms with Crippen molar-refractivity contribution in [2.45, 2.75) is 13.0 Å². The van der Waals surface area contributed by atoms with E-state index in [1.165, 1.54) is 0 Å². The third-order valence-electron chi connectivity index (χ3n) is 4.17. The van der Waals surface area contributed by atoms with Gasteiger partial charge in [0.25, 0.3) is 5.91 Å². The molecular weight excluding hydrogens is 381 g/mol. The van der Waals surface area contributed by atoms with Crippen LogP contribution in [-0.4, -0.2) is 22.0 Å². The van der Waals surface area contributed by atoms with Gasteiger partial charge in [-0.2, -0.15) is 0 Å². The number of halogens is 2. The normalized spacial score (nSPS) is 10.6. The highest BCUT2D eigenvalue weighted by atomic mass is 35.5. The summed E-state index contributed by atoms with van der Waals surface area (Å²) in [6.45, 7) is 5.31. The highest BCUT2D eigenvalue weighted by Gasteiger charge is 2.11. The SMILES string of the molecule is C=C(C(=O)NCCCn1ccnc1)c1cccc(-c2ccc(Cl)cc2Cl)c1. The number of nitrogens with zero attached hydrogens (tertiary/aromatic N) is 2. The van der Waals surface area contributed by atoms with Gasteiger partial charge in [-0.3, -0.25) is 4.79 Å². The average Bonchev–Trinajstić information content (AvgIpc) is 3.18. The first-order valence-corrected chi connectivity index (χ1v) is 9.29. The zero-order valence-corrected chi connectivity index (χ0v) is 16.2. The van der Waals surface area contributed by atoms with Crippen molar-refractivity contribution in [2.24, 2.45) is 0 Å². The Labute approximate surface area is 168 Å². The van der Waals surface area contributed by atoms with Crippen LogP contribution in [0.15, 0.2) is 67.8 Å². The van der Waals surface area contributed by atoms with E-state index >= 15 is 0 Å². The molecule has 0 aliphatic rings. The Bertz CT molecular complexity index is 952. The maximum Gasteiger partial charge on any atom is 0.251 e. The third kappa shape index (κ3) is 5.00. The van der Waals surface area contributed by atoms with Gasteiger partial charge < -0.3 is 9.88 Å². The molecular formula is C21H19Cl2N3O. The van der Waals surface area contributed by atoms with Crippen LogP contribution in [0.4, 0.5) is 0 Å². The predicted octanol–water partition coefficient (Wildman–Crippen LogP) is 5.08. The van der Waals surface area contributed by atoms with Crippen LogP contribution in [0, 0.1) is 0 Å². The first kappa shape index (κ1) is 19.2. The van der Waals surface area contributed by atoms with Crippen LogP contribution >= 0.6 is 23.2 Å². The van der Waals surface area contributed by atoms with E-state index in [2.05, 4.69) is 16.9 Å². The molecule has 6 heteroatoms. The van der Waals surface area contributed by atoms with Gasteiger partial charge in [-0.05, 0) is 35.7 Å². The highest BCUT2D eigenvalue weighted by Crippen LogP contribution is 2.31. The van der Waals surface area contributed by atoms with Crippen molar-refractivity contribution in [2.75, 3.05) is 6.54 Å². The molecule has 1 aromatic heterocycles. The number of aryl methyl sites for hydroxylation is 1. The number of benzene rings is 2. The Morgan fingerprint density at radius 3 is 2.78 bits per heavy atom. The molecule has 0 aliphatic heterocycles. The lowest BCUT2D eigenvalue weighted by Gasteiger charge is -2.11. The summed E-state index contributed by atoms with van der Waals surface area (Å²) in [6.07, 6.45) is 6.21. The molecule has 0 bridgehead atoms. The fourth-order valence-electron chi connectivity index (χ4n) is 2.72. The van der Waals surface area contributed by atoms with Crippen molar-refractivity contribution in [1.29, 1.82) is 0 Å². The van der Waals surface area contributed by atoms with Crippen LogP contribution in [0.5, 0.6) is 0 Å². The number of carbonyl (C=O) groups is 1. The largest absolute Gasteiger partial charge is 0.352 e. The van der Waals surface area contributed by atoms with Crippen LogP contribution in [0.25, 0.3) is 16.7 Å². The van der Waals surface area contributed by atoms with Crippen LogP contribution in [0.2, 0.25) is 10.0 Å². The van der Waals surface area contributed by atoms with Gasteiger partial charge in [0.05, 0.1) is 6.33 Å². The Morgan fingerprint density at radius 2 is 2.04 bits per heavy atom. The minimum atomic E-state index is -0.181. The summed E-state index contributed by atoms with van der Waals surface area (Å²) >= 11 is 12.3. The van der Waals surface area contributed by atoms with Crippen LogP contribution < -0.4 is 5.32 Å². The summed E-state index contributed by atoms with van der Waals surface area (Å²) in [4.78, 5) is 16.4. The molecule has 1 N–H and O–H groups in total. The molecule has 0 spiro atoms. The maximum absolute atomic E-state index is 12.4. The number of aromatic nitrogens is 2. The number of hydrogen-bond donors (Lipinski definition) is 1. The second kappa shape index (κ2) is 8.89. The molecule has 0 radical (unpaired) electrons. The lowest BCUT2D eigenvalue weighted by Crippen LogP contribution is -2.25. The number of hydrogen-bond acceptors (Lipinski definition) is 2. The number of imidazole rings is 1. The van der Waals surface area contributed by atoms with E-state index in [1.807, 2.05) is 41.1 Å². The quantitative estimate of drug-likeness (QED) is 0.444. The van der Waals surface area contributed by atoms with Crippen molar-refractivity contribution in [1.82, 2.24) is 14.9 Å². The first-order valence-electron chi connectivity index (χ1n) is 8.53. The second-order valence-corrected chi connectivity index (χ2v) is 6.94. The van der Waals surface area contributed by atoms with Gasteiger partial charge >= 0.3 is 0 Å². The summed E-state index contributed by atoms with van der Waals surface area (Å²) in [5, 5.41) is 4.05. The van der Waals surface area contributed by atoms with Gasteiger partial charge in [0.1, 0.15) is 0 Å². The molecule has 3 rings (SSSR count). The van der Waals surface area contributed by atoms with Crippen LogP contribution in [-0.2, 0) is 11.3 Å². The molecule has 0 saturated heterocycles. The Kier molecular flexibility index (Phi) is 6.32. The van der Waals surface area contributed by atoms with Gasteiger partial charge in [-0.15, -0.1) is 0 Å². The fraction of sp³-hybridized carbons (Fsp3) is 0.143. The third-order valence-corrected chi connectivity index (χ3v) is 4.71. The van der Waals surface area contributed by atoms with Crippen LogP contribution in [0.1, 0.15) is 12.0 Å². The minimum absolute atomic E-state index is 0.181. The Morgan fingerprint density at radius 1 is 1.19 bits per heavy atom. The van der Waals surface area contributed by atoms with Crippen molar-refractivity contribution >= 4 is 34.7 Å². The molecule has 27 heavy (non-hydrogen) atoms. The molecule has 0 aliphatic carbocycles. The van der Waals surface area contributed by atoms with Gasteiger partial charge in [0.15, 0.2) is 0 Å². The fourth-order valence-corrected chi connectivity index (χ4v) is 3.24. The van der Waals surface area contributed by atoms with Crippen molar-refractivity contribution in [3.8, 4) is 11.1 Å². The molecule has 0 fully saturated rings. The van der Waals surface area contributed by atoms with Gasteiger partial charge in [-0.1, -0.05) is 54.0 Å². The molecule has 1 heterocycles. The molecule has 138 valence electrons.